The summed E-state index contributed by atoms with van der Waals surface area (Å²) < 4.78 is 99.7. The maximum absolute atomic E-state index is 13.8. The minimum absolute atomic E-state index is 0.0164. The van der Waals surface area contributed by atoms with E-state index in [0.717, 1.165) is 26.5 Å². The molecule has 4 fully saturated rings. The second-order valence-electron chi connectivity index (χ2n) is 20.7. The van der Waals surface area contributed by atoms with Crippen molar-refractivity contribution in [3.63, 3.8) is 0 Å². The Morgan fingerprint density at radius 1 is 0.600 bits per heavy atom. The van der Waals surface area contributed by atoms with Gasteiger partial charge in [-0.05, 0) is 125 Å². The lowest BCUT2D eigenvalue weighted by molar-refractivity contribution is -0.170. The number of benzene rings is 4. The summed E-state index contributed by atoms with van der Waals surface area (Å²) in [6.45, 7) is 6.88. The van der Waals surface area contributed by atoms with Gasteiger partial charge in [-0.3, -0.25) is 9.68 Å². The van der Waals surface area contributed by atoms with Crippen molar-refractivity contribution in [2.24, 2.45) is 5.92 Å². The van der Waals surface area contributed by atoms with Gasteiger partial charge in [-0.2, -0.15) is 0 Å². The Hall–Kier alpha value is -5.48. The monoisotopic (exact) mass is 1160 g/mol. The van der Waals surface area contributed by atoms with Crippen LogP contribution < -0.4 is 20.1 Å². The Morgan fingerprint density at radius 3 is 1.44 bits per heavy atom. The summed E-state index contributed by atoms with van der Waals surface area (Å²) in [6, 6.07) is 28.6. The lowest BCUT2D eigenvalue weighted by atomic mass is 10.0. The molecule has 4 N–H and O–H groups in total. The number of ether oxygens (including phenoxy) is 8. The molecule has 80 heavy (non-hydrogen) atoms. The number of carbonyl (C=O) groups excluding carboxylic acids is 2. The van der Waals surface area contributed by atoms with E-state index in [2.05, 4.69) is 10.6 Å². The zero-order valence-corrected chi connectivity index (χ0v) is 47.5. The molecule has 0 spiro atoms. The van der Waals surface area contributed by atoms with E-state index in [4.69, 9.17) is 47.6 Å². The number of fused-ring (bicyclic) bond motifs is 1. The fourth-order valence-corrected chi connectivity index (χ4v) is 11.8. The van der Waals surface area contributed by atoms with E-state index < -0.39 is 93.5 Å². The number of hydrogen-bond donors (Lipinski definition) is 4. The van der Waals surface area contributed by atoms with Gasteiger partial charge in [-0.25, -0.2) is 26.4 Å². The molecule has 0 saturated carbocycles. The zero-order valence-electron chi connectivity index (χ0n) is 45.8. The van der Waals surface area contributed by atoms with Gasteiger partial charge < -0.3 is 58.7 Å². The van der Waals surface area contributed by atoms with Crippen molar-refractivity contribution in [1.82, 2.24) is 19.6 Å². The lowest BCUT2D eigenvalue weighted by Gasteiger charge is -2.32. The summed E-state index contributed by atoms with van der Waals surface area (Å²) in [6.07, 6.45) is -2.61. The van der Waals surface area contributed by atoms with Crippen molar-refractivity contribution in [2.45, 2.75) is 130 Å². The average molecular weight is 1160 g/mol. The first-order chi connectivity index (χ1) is 38.3. The number of carbonyl (C=O) groups is 2. The number of rotatable bonds is 23. The molecule has 4 aromatic carbocycles. The molecule has 440 valence electrons. The van der Waals surface area contributed by atoms with Crippen LogP contribution >= 0.6 is 0 Å². The Bertz CT molecular complexity index is 2750. The summed E-state index contributed by atoms with van der Waals surface area (Å²) in [5, 5.41) is 28.3. The predicted octanol–water partition coefficient (Wildman–Crippen LogP) is 5.55. The molecule has 22 nitrogen and oxygen atoms in total. The van der Waals surface area contributed by atoms with Crippen molar-refractivity contribution >= 4 is 32.2 Å². The third-order valence-electron chi connectivity index (χ3n) is 13.6. The standard InChI is InChI=1S/C29H38N2O10S.C27H38N2O8S/c1-36-21-7-9-23(10-8-21)42(34,35)31(41-22-11-14-37-15-12-22)18-26(32)25(17-20-5-3-2-4-6-20)30-29(33)40-27-19-39-28-24(27)13-16-38-28;1-27(2,3)36-26(31)28-24(18-20-8-6-5-7-9-20)25(30)19-29(37-22-14-16-35-17-15-22)38(32,33)23-12-10-21(34-4)11-13-23/h2-10,22,24-28,32H,11-19H2,1H3,(H,30,33);5-13,22,24-25,30H,14-19H2,1-4H3,(H,28,31)/t24-,25-,26+,27-,28+;/m0./s1. The van der Waals surface area contributed by atoms with Gasteiger partial charge in [0.1, 0.15) is 23.2 Å². The van der Waals surface area contributed by atoms with Gasteiger partial charge in [0.15, 0.2) is 6.29 Å². The molecular formula is C56H76N4O18S2. The Kier molecular flexibility index (Phi) is 22.9. The number of methoxy groups -OCH3 is 2. The molecule has 0 aromatic heterocycles. The molecule has 7 atom stereocenters. The van der Waals surface area contributed by atoms with Gasteiger partial charge in [0, 0.05) is 26.4 Å². The van der Waals surface area contributed by atoms with Gasteiger partial charge in [0.25, 0.3) is 20.0 Å². The predicted molar refractivity (Wildman–Crippen MR) is 290 cm³/mol. The topological polar surface area (TPSA) is 266 Å². The molecule has 24 heteroatoms. The number of nitrogens with zero attached hydrogens (tertiary/aromatic N) is 2. The molecule has 4 aliphatic rings. The van der Waals surface area contributed by atoms with E-state index in [9.17, 15) is 36.6 Å². The first kappa shape index (κ1) is 62.1. The van der Waals surface area contributed by atoms with Crippen LogP contribution in [0.4, 0.5) is 9.59 Å². The SMILES string of the molecule is COc1ccc(S(=O)(=O)N(CC(O)C(Cc2ccccc2)NC(=O)OC(C)(C)C)OC2CCOCC2)cc1.COc1ccc(S(=O)(=O)N(C[C@@H](O)[C@H](Cc2ccccc2)NC(=O)O[C@H]2CO[C@H]3OCC[C@H]32)OC2CCOCC2)cc1. The van der Waals surface area contributed by atoms with Crippen molar-refractivity contribution in [3.05, 3.63) is 120 Å². The van der Waals surface area contributed by atoms with Gasteiger partial charge >= 0.3 is 12.2 Å². The first-order valence-corrected chi connectivity index (χ1v) is 29.7. The van der Waals surface area contributed by atoms with Gasteiger partial charge in [-0.15, -0.1) is 0 Å². The molecule has 4 aromatic rings. The van der Waals surface area contributed by atoms with Crippen molar-refractivity contribution in [1.29, 1.82) is 0 Å². The molecule has 0 aliphatic carbocycles. The number of hydrogen-bond acceptors (Lipinski definition) is 18. The van der Waals surface area contributed by atoms with E-state index in [1.165, 1.54) is 50.6 Å². The maximum Gasteiger partial charge on any atom is 0.407 e. The van der Waals surface area contributed by atoms with Crippen LogP contribution in [0.5, 0.6) is 11.5 Å². The summed E-state index contributed by atoms with van der Waals surface area (Å²) >= 11 is 0. The number of nitrogens with one attached hydrogen (secondary N) is 2. The highest BCUT2D eigenvalue weighted by Crippen LogP contribution is 2.33. The number of amides is 2. The van der Waals surface area contributed by atoms with Crippen LogP contribution in [0.3, 0.4) is 0 Å². The van der Waals surface area contributed by atoms with E-state index in [-0.39, 0.29) is 41.4 Å². The lowest BCUT2D eigenvalue weighted by Crippen LogP contribution is -2.52. The van der Waals surface area contributed by atoms with Gasteiger partial charge in [0.05, 0.1) is 92.7 Å². The van der Waals surface area contributed by atoms with Crippen molar-refractivity contribution in [2.75, 3.05) is 67.0 Å². The van der Waals surface area contributed by atoms with Crippen LogP contribution in [0.1, 0.15) is 64.0 Å². The third-order valence-corrected chi connectivity index (χ3v) is 16.8. The van der Waals surface area contributed by atoms with Crippen LogP contribution in [0.15, 0.2) is 119 Å². The highest BCUT2D eigenvalue weighted by molar-refractivity contribution is 7.89. The number of aliphatic hydroxyl groups is 2. The Morgan fingerprint density at radius 2 is 1.02 bits per heavy atom. The maximum atomic E-state index is 13.8. The molecule has 4 saturated heterocycles. The summed E-state index contributed by atoms with van der Waals surface area (Å²) in [5.74, 6) is 0.955. The number of sulfonamides is 2. The molecule has 0 bridgehead atoms. The minimum Gasteiger partial charge on any atom is -0.497 e. The number of hydroxylamine groups is 2. The van der Waals surface area contributed by atoms with Crippen molar-refractivity contribution < 1.29 is 84.2 Å². The van der Waals surface area contributed by atoms with Gasteiger partial charge in [0.2, 0.25) is 0 Å². The fourth-order valence-electron chi connectivity index (χ4n) is 9.21. The van der Waals surface area contributed by atoms with E-state index in [0.29, 0.717) is 70.2 Å². The number of alkyl carbamates (subject to hydrolysis) is 2. The average Bonchev–Trinajstić information content (AvgIpc) is 4.13. The Labute approximate surface area is 468 Å². The molecule has 2 unspecified atom stereocenters. The second-order valence-corrected chi connectivity index (χ2v) is 24.3. The largest absolute Gasteiger partial charge is 0.497 e. The van der Waals surface area contributed by atoms with Crippen LogP contribution in [-0.4, -0.2) is 170 Å². The summed E-state index contributed by atoms with van der Waals surface area (Å²) in [7, 11) is -5.39. The van der Waals surface area contributed by atoms with E-state index in [1.807, 2.05) is 60.7 Å². The Balaban J connectivity index is 0.000000233. The summed E-state index contributed by atoms with van der Waals surface area (Å²) in [4.78, 5) is 37.6. The zero-order chi connectivity index (χ0) is 57.3. The van der Waals surface area contributed by atoms with E-state index >= 15 is 0 Å². The normalized spacial score (nSPS) is 20.6. The van der Waals surface area contributed by atoms with Crippen LogP contribution in [-0.2, 0) is 71.0 Å². The van der Waals surface area contributed by atoms with Gasteiger partial charge in [-0.1, -0.05) is 69.6 Å². The number of aliphatic hydroxyl groups excluding tert-OH is 2. The van der Waals surface area contributed by atoms with Crippen LogP contribution in [0.2, 0.25) is 0 Å². The quantitative estimate of drug-likeness (QED) is 0.0663. The van der Waals surface area contributed by atoms with Crippen molar-refractivity contribution in [3.8, 4) is 11.5 Å². The summed E-state index contributed by atoms with van der Waals surface area (Å²) in [5.41, 5.74) is 0.940. The van der Waals surface area contributed by atoms with Crippen LogP contribution in [0, 0.1) is 5.92 Å². The first-order valence-electron chi connectivity index (χ1n) is 26.8. The van der Waals surface area contributed by atoms with E-state index in [1.54, 1.807) is 32.9 Å². The molecule has 0 radical (unpaired) electrons. The second kappa shape index (κ2) is 29.5. The highest BCUT2D eigenvalue weighted by Gasteiger charge is 2.44. The fraction of sp³-hybridized carbons (Fsp3) is 0.536. The smallest absolute Gasteiger partial charge is 0.407 e. The molecular weight excluding hydrogens is 1080 g/mol. The molecule has 4 heterocycles. The molecule has 2 amide bonds. The molecule has 8 rings (SSSR count). The molecule has 4 aliphatic heterocycles. The minimum atomic E-state index is -4.20. The van der Waals surface area contributed by atoms with Crippen LogP contribution in [0.25, 0.3) is 0 Å². The third kappa shape index (κ3) is 18.3. The highest BCUT2D eigenvalue weighted by atomic mass is 32.2.